The van der Waals surface area contributed by atoms with Gasteiger partial charge in [0.15, 0.2) is 0 Å². The number of halogens is 1. The first kappa shape index (κ1) is 15.2. The van der Waals surface area contributed by atoms with Crippen LogP contribution < -0.4 is 11.1 Å². The number of nitrogens with one attached hydrogen (secondary N) is 1. The van der Waals surface area contributed by atoms with Crippen LogP contribution in [0.4, 0.5) is 0 Å². The van der Waals surface area contributed by atoms with Gasteiger partial charge >= 0.3 is 0 Å². The lowest BCUT2D eigenvalue weighted by molar-refractivity contribution is 0.502. The maximum absolute atomic E-state index is 11.4. The van der Waals surface area contributed by atoms with Crippen molar-refractivity contribution in [3.8, 4) is 0 Å². The summed E-state index contributed by atoms with van der Waals surface area (Å²) in [4.78, 5) is 22.5. The van der Waals surface area contributed by atoms with Gasteiger partial charge < -0.3 is 0 Å². The minimum Gasteiger partial charge on any atom is -0.268 e. The number of nitrogens with zero attached hydrogens (tertiary/aromatic N) is 1. The highest BCUT2D eigenvalue weighted by Crippen LogP contribution is 2.08. The molecule has 1 N–H and O–H groups in total. The molecule has 0 aliphatic rings. The van der Waals surface area contributed by atoms with Crippen molar-refractivity contribution >= 4 is 15.9 Å². The van der Waals surface area contributed by atoms with Crippen molar-refractivity contribution in [2.75, 3.05) is 5.33 Å². The highest BCUT2D eigenvalue weighted by Gasteiger charge is 1.96. The van der Waals surface area contributed by atoms with Crippen LogP contribution in [0.5, 0.6) is 0 Å². The summed E-state index contributed by atoms with van der Waals surface area (Å²) in [6, 6.07) is 2.59. The average Bonchev–Trinajstić information content (AvgIpc) is 2.36. The molecule has 1 aromatic rings. The molecule has 18 heavy (non-hydrogen) atoms. The Morgan fingerprint density at radius 1 is 0.944 bits per heavy atom. The van der Waals surface area contributed by atoms with E-state index >= 15 is 0 Å². The van der Waals surface area contributed by atoms with Crippen LogP contribution in [-0.2, 0) is 6.54 Å². The Bertz CT molecular complexity index is 439. The topological polar surface area (TPSA) is 54.9 Å². The quantitative estimate of drug-likeness (QED) is 0.562. The van der Waals surface area contributed by atoms with Crippen LogP contribution in [0, 0.1) is 0 Å². The van der Waals surface area contributed by atoms with Crippen LogP contribution in [0.1, 0.15) is 44.9 Å². The largest absolute Gasteiger partial charge is 0.268 e. The lowest BCUT2D eigenvalue weighted by Crippen LogP contribution is -2.27. The zero-order valence-corrected chi connectivity index (χ0v) is 12.2. The number of unbranched alkanes of at least 4 members (excludes halogenated alkanes) is 6. The summed E-state index contributed by atoms with van der Waals surface area (Å²) in [6.45, 7) is 0.607. The molecule has 0 atom stereocenters. The average molecular weight is 317 g/mol. The number of H-pyrrole nitrogens is 1. The first-order valence-electron chi connectivity index (χ1n) is 6.60. The molecule has 1 heterocycles. The van der Waals surface area contributed by atoms with E-state index in [0.717, 1.165) is 18.2 Å². The molecule has 1 rings (SSSR count). The normalized spacial score (nSPS) is 10.7. The molecule has 0 aliphatic carbocycles. The van der Waals surface area contributed by atoms with E-state index in [1.54, 1.807) is 0 Å². The van der Waals surface area contributed by atoms with E-state index in [1.165, 1.54) is 48.9 Å². The Balaban J connectivity index is 2.12. The second kappa shape index (κ2) is 9.14. The summed E-state index contributed by atoms with van der Waals surface area (Å²) < 4.78 is 1.40. The molecule has 0 radical (unpaired) electrons. The number of hydrogen-bond acceptors (Lipinski definition) is 2. The minimum absolute atomic E-state index is 0.132. The molecule has 0 aliphatic heterocycles. The van der Waals surface area contributed by atoms with Crippen LogP contribution in [0.2, 0.25) is 0 Å². The van der Waals surface area contributed by atoms with Crippen LogP contribution in [0.25, 0.3) is 0 Å². The maximum Gasteiger partial charge on any atom is 0.265 e. The maximum atomic E-state index is 11.4. The monoisotopic (exact) mass is 316 g/mol. The Morgan fingerprint density at radius 3 is 2.22 bits per heavy atom. The number of alkyl halides is 1. The molecule has 5 heteroatoms. The lowest BCUT2D eigenvalue weighted by atomic mass is 10.1. The molecular formula is C13H21BrN2O2. The number of aromatic nitrogens is 2. The first-order valence-corrected chi connectivity index (χ1v) is 7.72. The molecule has 1 aromatic heterocycles. The Labute approximate surface area is 116 Å². The lowest BCUT2D eigenvalue weighted by Gasteiger charge is -2.04. The standard InChI is InChI=1S/C13H21BrN2O2/c14-10-6-4-2-1-3-5-7-11-16-13(18)9-8-12(17)15-16/h8-9H,1-7,10-11H2,(H,15,17). The SMILES string of the molecule is O=c1ccc(=O)n(CCCCCCCCCBr)[nH]1. The number of rotatable bonds is 9. The van der Waals surface area contributed by atoms with Gasteiger partial charge in [0.2, 0.25) is 0 Å². The molecule has 0 saturated carbocycles. The van der Waals surface area contributed by atoms with E-state index in [1.807, 2.05) is 0 Å². The van der Waals surface area contributed by atoms with Gasteiger partial charge in [-0.3, -0.25) is 19.4 Å². The second-order valence-electron chi connectivity index (χ2n) is 4.46. The summed E-state index contributed by atoms with van der Waals surface area (Å²) in [6.07, 6.45) is 8.34. The van der Waals surface area contributed by atoms with Gasteiger partial charge in [-0.2, -0.15) is 0 Å². The first-order chi connectivity index (χ1) is 8.74. The van der Waals surface area contributed by atoms with Crippen molar-refractivity contribution < 1.29 is 0 Å². The van der Waals surface area contributed by atoms with Crippen LogP contribution >= 0.6 is 15.9 Å². The van der Waals surface area contributed by atoms with Crippen LogP contribution in [0.15, 0.2) is 21.7 Å². The zero-order valence-electron chi connectivity index (χ0n) is 10.7. The molecule has 0 saturated heterocycles. The van der Waals surface area contributed by atoms with Crippen LogP contribution in [0.3, 0.4) is 0 Å². The molecule has 0 spiro atoms. The highest BCUT2D eigenvalue weighted by molar-refractivity contribution is 9.09. The fourth-order valence-corrected chi connectivity index (χ4v) is 2.27. The van der Waals surface area contributed by atoms with Gasteiger partial charge in [0.1, 0.15) is 0 Å². The molecule has 0 amide bonds. The van der Waals surface area contributed by atoms with E-state index in [0.29, 0.717) is 6.54 Å². The van der Waals surface area contributed by atoms with Crippen molar-refractivity contribution in [2.45, 2.75) is 51.5 Å². The summed E-state index contributed by atoms with van der Waals surface area (Å²) in [5, 5.41) is 3.63. The van der Waals surface area contributed by atoms with Crippen molar-refractivity contribution in [1.29, 1.82) is 0 Å². The highest BCUT2D eigenvalue weighted by atomic mass is 79.9. The van der Waals surface area contributed by atoms with Crippen molar-refractivity contribution in [3.05, 3.63) is 32.8 Å². The Morgan fingerprint density at radius 2 is 1.56 bits per heavy atom. The molecule has 0 aromatic carbocycles. The predicted octanol–water partition coefficient (Wildman–Crippen LogP) is 2.66. The number of aromatic amines is 1. The smallest absolute Gasteiger partial charge is 0.265 e. The van der Waals surface area contributed by atoms with Gasteiger partial charge in [0.25, 0.3) is 11.1 Å². The molecule has 0 bridgehead atoms. The van der Waals surface area contributed by atoms with Crippen molar-refractivity contribution in [2.24, 2.45) is 0 Å². The van der Waals surface area contributed by atoms with Crippen LogP contribution in [-0.4, -0.2) is 15.1 Å². The molecular weight excluding hydrogens is 296 g/mol. The van der Waals surface area contributed by atoms with E-state index in [9.17, 15) is 9.59 Å². The van der Waals surface area contributed by atoms with Gasteiger partial charge in [0.05, 0.1) is 0 Å². The van der Waals surface area contributed by atoms with Gasteiger partial charge in [-0.25, -0.2) is 0 Å². The van der Waals surface area contributed by atoms with E-state index in [4.69, 9.17) is 0 Å². The minimum atomic E-state index is -0.218. The third kappa shape index (κ3) is 6.19. The molecule has 4 nitrogen and oxygen atoms in total. The van der Waals surface area contributed by atoms with Crippen molar-refractivity contribution in [3.63, 3.8) is 0 Å². The van der Waals surface area contributed by atoms with E-state index in [-0.39, 0.29) is 11.1 Å². The van der Waals surface area contributed by atoms with Gasteiger partial charge in [-0.15, -0.1) is 0 Å². The van der Waals surface area contributed by atoms with Gasteiger partial charge in [-0.1, -0.05) is 48.0 Å². The predicted molar refractivity (Wildman–Crippen MR) is 77.4 cm³/mol. The molecule has 102 valence electrons. The summed E-state index contributed by atoms with van der Waals surface area (Å²) in [5.41, 5.74) is -0.351. The molecule has 0 fully saturated rings. The Kier molecular flexibility index (Phi) is 7.73. The number of aryl methyl sites for hydroxylation is 1. The zero-order chi connectivity index (χ0) is 13.2. The fraction of sp³-hybridized carbons (Fsp3) is 0.692. The van der Waals surface area contributed by atoms with Gasteiger partial charge in [-0.05, 0) is 12.8 Å². The summed E-state index contributed by atoms with van der Waals surface area (Å²) in [7, 11) is 0. The van der Waals surface area contributed by atoms with E-state index < -0.39 is 0 Å². The van der Waals surface area contributed by atoms with Gasteiger partial charge in [0, 0.05) is 24.0 Å². The second-order valence-corrected chi connectivity index (χ2v) is 5.26. The van der Waals surface area contributed by atoms with E-state index in [2.05, 4.69) is 21.0 Å². The summed E-state index contributed by atoms with van der Waals surface area (Å²) >= 11 is 3.42. The third-order valence-electron chi connectivity index (χ3n) is 2.90. The summed E-state index contributed by atoms with van der Waals surface area (Å²) in [5.74, 6) is 0. The molecule has 0 unspecified atom stereocenters. The Hall–Kier alpha value is -0.840. The van der Waals surface area contributed by atoms with Crippen molar-refractivity contribution in [1.82, 2.24) is 9.78 Å². The third-order valence-corrected chi connectivity index (χ3v) is 3.46. The number of hydrogen-bond donors (Lipinski definition) is 1. The fourth-order valence-electron chi connectivity index (χ4n) is 1.88.